The zero-order valence-electron chi connectivity index (χ0n) is 13.4. The van der Waals surface area contributed by atoms with Crippen LogP contribution in [-0.4, -0.2) is 50.8 Å². The van der Waals surface area contributed by atoms with Crippen molar-refractivity contribution in [3.63, 3.8) is 0 Å². The lowest BCUT2D eigenvalue weighted by atomic mass is 10.2. The molecule has 0 fully saturated rings. The summed E-state index contributed by atoms with van der Waals surface area (Å²) in [6.07, 6.45) is -0.344. The third-order valence-electron chi connectivity index (χ3n) is 2.95. The van der Waals surface area contributed by atoms with Gasteiger partial charge in [-0.2, -0.15) is 0 Å². The summed E-state index contributed by atoms with van der Waals surface area (Å²) in [5.41, 5.74) is 2.06. The van der Waals surface area contributed by atoms with E-state index in [0.717, 1.165) is 17.0 Å². The van der Waals surface area contributed by atoms with Gasteiger partial charge >= 0.3 is 0 Å². The van der Waals surface area contributed by atoms with Crippen LogP contribution < -0.4 is 10.1 Å². The van der Waals surface area contributed by atoms with Crippen LogP contribution in [0.4, 0.5) is 5.69 Å². The summed E-state index contributed by atoms with van der Waals surface area (Å²) in [5.74, 6) is 0.826. The van der Waals surface area contributed by atoms with Crippen molar-refractivity contribution in [3.8, 4) is 5.75 Å². The Morgan fingerprint density at radius 1 is 1.24 bits per heavy atom. The molecule has 0 amide bonds. The van der Waals surface area contributed by atoms with Crippen molar-refractivity contribution >= 4 is 5.69 Å². The molecule has 0 radical (unpaired) electrons. The van der Waals surface area contributed by atoms with Crippen LogP contribution in [0.15, 0.2) is 18.2 Å². The van der Waals surface area contributed by atoms with E-state index in [2.05, 4.69) is 5.32 Å². The number of ether oxygens (including phenoxy) is 3. The number of anilines is 1. The largest absolute Gasteiger partial charge is 0.497 e. The van der Waals surface area contributed by atoms with Crippen molar-refractivity contribution in [1.82, 2.24) is 0 Å². The lowest BCUT2D eigenvalue weighted by Gasteiger charge is -2.15. The van der Waals surface area contributed by atoms with Crippen molar-refractivity contribution in [2.45, 2.75) is 33.0 Å². The van der Waals surface area contributed by atoms with Gasteiger partial charge in [0.1, 0.15) is 5.75 Å². The van der Waals surface area contributed by atoms with Gasteiger partial charge in [-0.15, -0.1) is 0 Å². The molecule has 1 aromatic rings. The normalized spacial score (nSPS) is 12.5. The van der Waals surface area contributed by atoms with Crippen molar-refractivity contribution in [3.05, 3.63) is 23.8 Å². The number of rotatable bonds is 10. The number of methoxy groups -OCH3 is 1. The van der Waals surface area contributed by atoms with Crippen molar-refractivity contribution in [2.24, 2.45) is 0 Å². The summed E-state index contributed by atoms with van der Waals surface area (Å²) in [6.45, 7) is 7.75. The van der Waals surface area contributed by atoms with Gasteiger partial charge in [-0.3, -0.25) is 0 Å². The molecule has 1 atom stereocenters. The average molecular weight is 297 g/mol. The Bertz CT molecular complexity index is 409. The second kappa shape index (κ2) is 9.60. The Morgan fingerprint density at radius 3 is 2.62 bits per heavy atom. The third-order valence-corrected chi connectivity index (χ3v) is 2.95. The fraction of sp³-hybridized carbons (Fsp3) is 0.625. The monoisotopic (exact) mass is 297 g/mol. The number of aliphatic hydroxyl groups excluding tert-OH is 1. The minimum atomic E-state index is -0.550. The van der Waals surface area contributed by atoms with E-state index >= 15 is 0 Å². The molecular weight excluding hydrogens is 270 g/mol. The lowest BCUT2D eigenvalue weighted by molar-refractivity contribution is -0.00734. The Kier molecular flexibility index (Phi) is 8.12. The highest BCUT2D eigenvalue weighted by Gasteiger charge is 2.06. The minimum absolute atomic E-state index is 0.207. The first-order valence-corrected chi connectivity index (χ1v) is 7.29. The summed E-state index contributed by atoms with van der Waals surface area (Å²) in [6, 6.07) is 5.79. The molecule has 0 saturated heterocycles. The minimum Gasteiger partial charge on any atom is -0.497 e. The van der Waals surface area contributed by atoms with Crippen LogP contribution in [0.25, 0.3) is 0 Å². The van der Waals surface area contributed by atoms with Crippen molar-refractivity contribution in [1.29, 1.82) is 0 Å². The van der Waals surface area contributed by atoms with Gasteiger partial charge in [0, 0.05) is 12.2 Å². The van der Waals surface area contributed by atoms with Crippen LogP contribution in [0.3, 0.4) is 0 Å². The summed E-state index contributed by atoms with van der Waals surface area (Å²) in [7, 11) is 1.64. The molecule has 0 aromatic heterocycles. The van der Waals surface area contributed by atoms with E-state index in [-0.39, 0.29) is 6.10 Å². The van der Waals surface area contributed by atoms with Crippen molar-refractivity contribution < 1.29 is 19.3 Å². The molecule has 1 aromatic carbocycles. The van der Waals surface area contributed by atoms with Crippen LogP contribution >= 0.6 is 0 Å². The van der Waals surface area contributed by atoms with E-state index in [0.29, 0.717) is 26.4 Å². The van der Waals surface area contributed by atoms with E-state index in [9.17, 15) is 5.11 Å². The molecule has 120 valence electrons. The van der Waals surface area contributed by atoms with Crippen LogP contribution in [0.2, 0.25) is 0 Å². The molecule has 2 N–H and O–H groups in total. The van der Waals surface area contributed by atoms with Gasteiger partial charge in [-0.1, -0.05) is 0 Å². The fourth-order valence-electron chi connectivity index (χ4n) is 1.81. The zero-order chi connectivity index (χ0) is 15.7. The molecule has 1 rings (SSSR count). The number of nitrogens with one attached hydrogen (secondary N) is 1. The van der Waals surface area contributed by atoms with Gasteiger partial charge < -0.3 is 24.6 Å². The molecule has 1 unspecified atom stereocenters. The number of benzene rings is 1. The molecule has 0 heterocycles. The molecule has 21 heavy (non-hydrogen) atoms. The second-order valence-electron chi connectivity index (χ2n) is 5.21. The smallest absolute Gasteiger partial charge is 0.119 e. The van der Waals surface area contributed by atoms with E-state index in [4.69, 9.17) is 14.2 Å². The summed E-state index contributed by atoms with van der Waals surface area (Å²) in [4.78, 5) is 0. The van der Waals surface area contributed by atoms with Gasteiger partial charge in [-0.25, -0.2) is 0 Å². The summed E-state index contributed by atoms with van der Waals surface area (Å²) in [5, 5.41) is 13.1. The Labute approximate surface area is 127 Å². The second-order valence-corrected chi connectivity index (χ2v) is 5.21. The maximum absolute atomic E-state index is 9.86. The van der Waals surface area contributed by atoms with Gasteiger partial charge in [0.05, 0.1) is 39.1 Å². The number of aryl methyl sites for hydroxylation is 1. The molecule has 0 aliphatic heterocycles. The predicted molar refractivity (Wildman–Crippen MR) is 84.1 cm³/mol. The van der Waals surface area contributed by atoms with Gasteiger partial charge in [0.15, 0.2) is 0 Å². The fourth-order valence-corrected chi connectivity index (χ4v) is 1.81. The van der Waals surface area contributed by atoms with E-state index in [1.807, 2.05) is 39.0 Å². The van der Waals surface area contributed by atoms with E-state index in [1.165, 1.54) is 0 Å². The number of aliphatic hydroxyl groups is 1. The lowest BCUT2D eigenvalue weighted by Crippen LogP contribution is -2.26. The van der Waals surface area contributed by atoms with Crippen molar-refractivity contribution in [2.75, 3.05) is 38.8 Å². The SMILES string of the molecule is COc1ccc(NCC(O)COCCOC(C)C)c(C)c1. The zero-order valence-corrected chi connectivity index (χ0v) is 13.4. The first kappa shape index (κ1) is 17.8. The van der Waals surface area contributed by atoms with Gasteiger partial charge in [0.2, 0.25) is 0 Å². The standard InChI is InChI=1S/C16H27NO4/c1-12(2)21-8-7-20-11-14(18)10-17-16-6-5-15(19-4)9-13(16)3/h5-6,9,12,14,17-18H,7-8,10-11H2,1-4H3. The van der Waals surface area contributed by atoms with E-state index in [1.54, 1.807) is 7.11 Å². The molecule has 0 saturated carbocycles. The topological polar surface area (TPSA) is 60.0 Å². The summed E-state index contributed by atoms with van der Waals surface area (Å²) < 4.78 is 15.9. The molecular formula is C16H27NO4. The number of hydrogen-bond acceptors (Lipinski definition) is 5. The highest BCUT2D eigenvalue weighted by atomic mass is 16.5. The van der Waals surface area contributed by atoms with Crippen LogP contribution in [0.5, 0.6) is 5.75 Å². The summed E-state index contributed by atoms with van der Waals surface area (Å²) >= 11 is 0. The maximum Gasteiger partial charge on any atom is 0.119 e. The van der Waals surface area contributed by atoms with Crippen LogP contribution in [0.1, 0.15) is 19.4 Å². The molecule has 5 nitrogen and oxygen atoms in total. The quantitative estimate of drug-likeness (QED) is 0.649. The maximum atomic E-state index is 9.86. The van der Waals surface area contributed by atoms with Crippen LogP contribution in [-0.2, 0) is 9.47 Å². The van der Waals surface area contributed by atoms with E-state index < -0.39 is 6.10 Å². The first-order chi connectivity index (χ1) is 10.0. The molecule has 0 spiro atoms. The molecule has 0 aliphatic rings. The Morgan fingerprint density at radius 2 is 2.00 bits per heavy atom. The Balaban J connectivity index is 2.22. The highest BCUT2D eigenvalue weighted by molar-refractivity contribution is 5.53. The molecule has 0 bridgehead atoms. The van der Waals surface area contributed by atoms with Gasteiger partial charge in [-0.05, 0) is 44.5 Å². The molecule has 0 aliphatic carbocycles. The van der Waals surface area contributed by atoms with Gasteiger partial charge in [0.25, 0.3) is 0 Å². The third kappa shape index (κ3) is 7.32. The predicted octanol–water partition coefficient (Wildman–Crippen LogP) is 2.22. The Hall–Kier alpha value is -1.30. The highest BCUT2D eigenvalue weighted by Crippen LogP contribution is 2.20. The first-order valence-electron chi connectivity index (χ1n) is 7.29. The van der Waals surface area contributed by atoms with Crippen LogP contribution in [0, 0.1) is 6.92 Å². The molecule has 5 heteroatoms. The number of hydrogen-bond donors (Lipinski definition) is 2. The average Bonchev–Trinajstić information content (AvgIpc) is 2.45.